The van der Waals surface area contributed by atoms with Gasteiger partial charge in [0.15, 0.2) is 0 Å². The Bertz CT molecular complexity index is 990. The summed E-state index contributed by atoms with van der Waals surface area (Å²) in [6, 6.07) is 14.4. The highest BCUT2D eigenvalue weighted by Gasteiger charge is 2.29. The van der Waals surface area contributed by atoms with E-state index in [9.17, 15) is 4.79 Å². The van der Waals surface area contributed by atoms with Gasteiger partial charge in [-0.3, -0.25) is 0 Å². The van der Waals surface area contributed by atoms with E-state index in [1.165, 1.54) is 0 Å². The predicted molar refractivity (Wildman–Crippen MR) is 110 cm³/mol. The summed E-state index contributed by atoms with van der Waals surface area (Å²) in [5.74, 6) is 1.80. The first-order valence-electron chi connectivity index (χ1n) is 9.42. The smallest absolute Gasteiger partial charge is 0.321 e. The molecule has 2 aromatic carbocycles. The lowest BCUT2D eigenvalue weighted by molar-refractivity contribution is 0.184. The number of piperidine rings is 1. The lowest BCUT2D eigenvalue weighted by atomic mass is 9.98. The average Bonchev–Trinajstić information content (AvgIpc) is 3.26. The second-order valence-corrected chi connectivity index (χ2v) is 7.35. The number of carbonyl (C=O) groups is 1. The fourth-order valence-electron chi connectivity index (χ4n) is 3.38. The third-order valence-corrected chi connectivity index (χ3v) is 5.17. The van der Waals surface area contributed by atoms with Gasteiger partial charge in [-0.15, -0.1) is 0 Å². The van der Waals surface area contributed by atoms with E-state index in [0.717, 1.165) is 24.2 Å². The maximum Gasteiger partial charge on any atom is 0.321 e. The number of urea groups is 1. The Morgan fingerprint density at radius 3 is 2.90 bits per heavy atom. The van der Waals surface area contributed by atoms with Crippen molar-refractivity contribution in [3.8, 4) is 17.1 Å². The van der Waals surface area contributed by atoms with Crippen molar-refractivity contribution in [1.82, 2.24) is 15.0 Å². The molecule has 1 aliphatic rings. The summed E-state index contributed by atoms with van der Waals surface area (Å²) in [5.41, 5.74) is 1.53. The Morgan fingerprint density at radius 2 is 2.10 bits per heavy atom. The monoisotopic (exact) mass is 412 g/mol. The Kier molecular flexibility index (Phi) is 5.67. The third kappa shape index (κ3) is 4.51. The number of halogens is 1. The van der Waals surface area contributed by atoms with Crippen LogP contribution in [0.25, 0.3) is 11.4 Å². The Hall–Kier alpha value is -3.06. The van der Waals surface area contributed by atoms with Gasteiger partial charge >= 0.3 is 6.03 Å². The van der Waals surface area contributed by atoms with Crippen molar-refractivity contribution in [3.63, 3.8) is 0 Å². The van der Waals surface area contributed by atoms with Gasteiger partial charge in [0.1, 0.15) is 5.75 Å². The van der Waals surface area contributed by atoms with E-state index in [0.29, 0.717) is 35.5 Å². The molecule has 4 rings (SSSR count). The van der Waals surface area contributed by atoms with Crippen molar-refractivity contribution in [2.24, 2.45) is 0 Å². The zero-order chi connectivity index (χ0) is 20.2. The zero-order valence-electron chi connectivity index (χ0n) is 16.0. The molecule has 0 saturated carbocycles. The van der Waals surface area contributed by atoms with Crippen LogP contribution in [-0.2, 0) is 0 Å². The molecule has 2 heterocycles. The number of hydrogen-bond donors (Lipinski definition) is 1. The molecular formula is C21H21ClN4O3. The van der Waals surface area contributed by atoms with Gasteiger partial charge in [-0.05, 0) is 49.2 Å². The van der Waals surface area contributed by atoms with Crippen LogP contribution >= 0.6 is 11.6 Å². The molecule has 0 aliphatic carbocycles. The molecule has 0 spiro atoms. The number of methoxy groups -OCH3 is 1. The van der Waals surface area contributed by atoms with E-state index >= 15 is 0 Å². The SMILES string of the molecule is COc1cccc(-c2noc(C3CCCN(C(=O)Nc4ccc(Cl)cc4)C3)n2)c1. The Morgan fingerprint density at radius 1 is 1.28 bits per heavy atom. The third-order valence-electron chi connectivity index (χ3n) is 4.92. The van der Waals surface area contributed by atoms with Crippen LogP contribution in [0.15, 0.2) is 53.1 Å². The summed E-state index contributed by atoms with van der Waals surface area (Å²) in [5, 5.41) is 7.64. The van der Waals surface area contributed by atoms with Crippen molar-refractivity contribution in [2.45, 2.75) is 18.8 Å². The number of rotatable bonds is 4. The number of hydrogen-bond acceptors (Lipinski definition) is 5. The quantitative estimate of drug-likeness (QED) is 0.665. The number of ether oxygens (including phenoxy) is 1. The molecule has 0 radical (unpaired) electrons. The molecule has 1 aromatic heterocycles. The topological polar surface area (TPSA) is 80.5 Å². The molecule has 8 heteroatoms. The number of anilines is 1. The first-order chi connectivity index (χ1) is 14.1. The van der Waals surface area contributed by atoms with Crippen molar-refractivity contribution >= 4 is 23.3 Å². The number of amides is 2. The van der Waals surface area contributed by atoms with Gasteiger partial charge in [0, 0.05) is 29.4 Å². The maximum atomic E-state index is 12.6. The zero-order valence-corrected chi connectivity index (χ0v) is 16.7. The Balaban J connectivity index is 1.43. The highest BCUT2D eigenvalue weighted by atomic mass is 35.5. The van der Waals surface area contributed by atoms with E-state index in [1.54, 1.807) is 36.3 Å². The van der Waals surface area contributed by atoms with Crippen LogP contribution in [0.5, 0.6) is 5.75 Å². The van der Waals surface area contributed by atoms with Crippen LogP contribution in [-0.4, -0.2) is 41.3 Å². The van der Waals surface area contributed by atoms with Crippen molar-refractivity contribution in [3.05, 3.63) is 59.4 Å². The number of nitrogens with zero attached hydrogens (tertiary/aromatic N) is 3. The molecule has 1 aliphatic heterocycles. The van der Waals surface area contributed by atoms with E-state index < -0.39 is 0 Å². The Labute approximate surface area is 173 Å². The minimum absolute atomic E-state index is 0.00609. The van der Waals surface area contributed by atoms with Crippen LogP contribution in [0.4, 0.5) is 10.5 Å². The molecule has 2 amide bonds. The molecule has 1 fully saturated rings. The second kappa shape index (κ2) is 8.53. The normalized spacial score (nSPS) is 16.5. The van der Waals surface area contributed by atoms with Crippen LogP contribution in [0.2, 0.25) is 5.02 Å². The fourth-order valence-corrected chi connectivity index (χ4v) is 3.51. The summed E-state index contributed by atoms with van der Waals surface area (Å²) in [7, 11) is 1.62. The lowest BCUT2D eigenvalue weighted by Crippen LogP contribution is -2.41. The number of nitrogens with one attached hydrogen (secondary N) is 1. The maximum absolute atomic E-state index is 12.6. The summed E-state index contributed by atoms with van der Waals surface area (Å²) in [6.07, 6.45) is 1.76. The molecule has 7 nitrogen and oxygen atoms in total. The molecule has 1 atom stereocenters. The predicted octanol–water partition coefficient (Wildman–Crippen LogP) is 4.81. The largest absolute Gasteiger partial charge is 0.497 e. The van der Waals surface area contributed by atoms with E-state index in [-0.39, 0.29) is 11.9 Å². The minimum atomic E-state index is -0.149. The van der Waals surface area contributed by atoms with Crippen LogP contribution < -0.4 is 10.1 Å². The van der Waals surface area contributed by atoms with E-state index in [1.807, 2.05) is 24.3 Å². The molecule has 1 unspecified atom stereocenters. The standard InChI is InChI=1S/C21H21ClN4O3/c1-28-18-6-2-4-14(12-18)19-24-20(29-25-19)15-5-3-11-26(13-15)21(27)23-17-9-7-16(22)8-10-17/h2,4,6-10,12,15H,3,5,11,13H2,1H3,(H,23,27). The molecule has 1 saturated heterocycles. The number of carbonyl (C=O) groups excluding carboxylic acids is 1. The highest BCUT2D eigenvalue weighted by Crippen LogP contribution is 2.29. The molecule has 0 bridgehead atoms. The molecule has 29 heavy (non-hydrogen) atoms. The number of benzene rings is 2. The highest BCUT2D eigenvalue weighted by molar-refractivity contribution is 6.30. The van der Waals surface area contributed by atoms with E-state index in [4.69, 9.17) is 20.9 Å². The van der Waals surface area contributed by atoms with Crippen LogP contribution in [0.1, 0.15) is 24.7 Å². The summed E-state index contributed by atoms with van der Waals surface area (Å²) < 4.78 is 10.8. The van der Waals surface area contributed by atoms with Gasteiger partial charge < -0.3 is 19.5 Å². The van der Waals surface area contributed by atoms with Crippen LogP contribution in [0, 0.1) is 0 Å². The van der Waals surface area contributed by atoms with E-state index in [2.05, 4.69) is 15.5 Å². The van der Waals surface area contributed by atoms with Gasteiger partial charge in [0.25, 0.3) is 0 Å². The minimum Gasteiger partial charge on any atom is -0.497 e. The molecular weight excluding hydrogens is 392 g/mol. The van der Waals surface area contributed by atoms with Gasteiger partial charge in [-0.25, -0.2) is 4.79 Å². The van der Waals surface area contributed by atoms with Gasteiger partial charge in [0.05, 0.1) is 13.0 Å². The molecule has 150 valence electrons. The summed E-state index contributed by atoms with van der Waals surface area (Å²) in [4.78, 5) is 19.0. The van der Waals surface area contributed by atoms with Crippen LogP contribution in [0.3, 0.4) is 0 Å². The lowest BCUT2D eigenvalue weighted by Gasteiger charge is -2.31. The summed E-state index contributed by atoms with van der Waals surface area (Å²) >= 11 is 5.89. The first kappa shape index (κ1) is 19.3. The van der Waals surface area contributed by atoms with Gasteiger partial charge in [-0.1, -0.05) is 28.9 Å². The van der Waals surface area contributed by atoms with Gasteiger partial charge in [-0.2, -0.15) is 4.98 Å². The van der Waals surface area contributed by atoms with Gasteiger partial charge in [0.2, 0.25) is 11.7 Å². The van der Waals surface area contributed by atoms with Crippen molar-refractivity contribution in [2.75, 3.05) is 25.5 Å². The number of likely N-dealkylation sites (tertiary alicyclic amines) is 1. The molecule has 1 N–H and O–H groups in total. The number of aromatic nitrogens is 2. The first-order valence-corrected chi connectivity index (χ1v) is 9.79. The second-order valence-electron chi connectivity index (χ2n) is 6.91. The average molecular weight is 413 g/mol. The fraction of sp³-hybridized carbons (Fsp3) is 0.286. The van der Waals surface area contributed by atoms with Crippen molar-refractivity contribution in [1.29, 1.82) is 0 Å². The van der Waals surface area contributed by atoms with Crippen molar-refractivity contribution < 1.29 is 14.1 Å². The molecule has 3 aromatic rings. The summed E-state index contributed by atoms with van der Waals surface area (Å²) in [6.45, 7) is 1.21.